The van der Waals surface area contributed by atoms with Crippen LogP contribution in [0.4, 0.5) is 4.39 Å². The summed E-state index contributed by atoms with van der Waals surface area (Å²) in [4.78, 5) is 51.1. The van der Waals surface area contributed by atoms with Crippen LogP contribution in [0.25, 0.3) is 0 Å². The number of nitrogens with one attached hydrogen (secondary N) is 1. The minimum atomic E-state index is -2.49. The number of aromatic amines is 1. The van der Waals surface area contributed by atoms with Crippen LogP contribution in [0.15, 0.2) is 76.4 Å². The molecular formula is C24H20ClFN2O7. The molecular weight excluding hydrogens is 483 g/mol. The van der Waals surface area contributed by atoms with Crippen molar-refractivity contribution in [2.75, 3.05) is 6.61 Å². The Balaban J connectivity index is 1.64. The van der Waals surface area contributed by atoms with Crippen molar-refractivity contribution in [2.24, 2.45) is 0 Å². The van der Waals surface area contributed by atoms with Gasteiger partial charge in [-0.15, -0.1) is 0 Å². The van der Waals surface area contributed by atoms with Crippen LogP contribution in [0.5, 0.6) is 0 Å². The second kappa shape index (κ2) is 9.85. The minimum Gasteiger partial charge on any atom is -0.459 e. The Bertz CT molecular complexity index is 1340. The van der Waals surface area contributed by atoms with E-state index in [2.05, 4.69) is 0 Å². The normalized spacial score (nSPS) is 23.6. The standard InChI is InChI=1S/C24H20ClFN2O7/c1-24(26)18(35-21(31)15-10-6-3-7-11-15)17(13-33-20(30)14-8-4-2-5-9-14)34-22(24)28-12-16(25)19(29)27-23(28)32/h2-12,17-18,22H,13H2,1H3,(H,27,29,32)/t17-,18-,22-,24-/m1/s1. The van der Waals surface area contributed by atoms with Crippen LogP contribution in [-0.2, 0) is 14.2 Å². The summed E-state index contributed by atoms with van der Waals surface area (Å²) in [5.41, 5.74) is -3.91. The summed E-state index contributed by atoms with van der Waals surface area (Å²) >= 11 is 5.83. The molecule has 4 atom stereocenters. The highest BCUT2D eigenvalue weighted by molar-refractivity contribution is 6.30. The smallest absolute Gasteiger partial charge is 0.338 e. The van der Waals surface area contributed by atoms with Crippen molar-refractivity contribution in [3.63, 3.8) is 0 Å². The van der Waals surface area contributed by atoms with E-state index < -0.39 is 53.9 Å². The summed E-state index contributed by atoms with van der Waals surface area (Å²) in [5.74, 6) is -1.54. The zero-order valence-electron chi connectivity index (χ0n) is 18.4. The first-order valence-electron chi connectivity index (χ1n) is 10.5. The molecule has 1 aliphatic heterocycles. The number of aromatic nitrogens is 2. The highest BCUT2D eigenvalue weighted by Gasteiger charge is 2.58. The maximum absolute atomic E-state index is 16.2. The van der Waals surface area contributed by atoms with Crippen molar-refractivity contribution in [3.8, 4) is 0 Å². The lowest BCUT2D eigenvalue weighted by Crippen LogP contribution is -2.46. The third kappa shape index (κ3) is 5.03. The van der Waals surface area contributed by atoms with E-state index in [0.717, 1.165) is 17.7 Å². The molecule has 9 nitrogen and oxygen atoms in total. The zero-order chi connectivity index (χ0) is 25.2. The van der Waals surface area contributed by atoms with Crippen LogP contribution in [0.2, 0.25) is 5.02 Å². The van der Waals surface area contributed by atoms with Gasteiger partial charge in [-0.2, -0.15) is 0 Å². The molecule has 0 saturated carbocycles. The number of halogens is 2. The van der Waals surface area contributed by atoms with Crippen molar-refractivity contribution in [1.29, 1.82) is 0 Å². The van der Waals surface area contributed by atoms with Gasteiger partial charge in [-0.3, -0.25) is 14.3 Å². The minimum absolute atomic E-state index is 0.163. The van der Waals surface area contributed by atoms with E-state index in [1.165, 1.54) is 24.3 Å². The molecule has 0 unspecified atom stereocenters. The molecule has 0 bridgehead atoms. The second-order valence-corrected chi connectivity index (χ2v) is 8.39. The SMILES string of the molecule is C[C@@]1(F)[C@H](OC(=O)c2ccccc2)[C@@H](COC(=O)c2ccccc2)O[C@H]1n1cc(Cl)c(=O)[nH]c1=O. The molecule has 1 saturated heterocycles. The number of rotatable bonds is 6. The molecule has 11 heteroatoms. The van der Waals surface area contributed by atoms with Gasteiger partial charge in [0.1, 0.15) is 17.7 Å². The highest BCUT2D eigenvalue weighted by atomic mass is 35.5. The number of alkyl halides is 1. The van der Waals surface area contributed by atoms with Gasteiger partial charge in [0, 0.05) is 6.20 Å². The van der Waals surface area contributed by atoms with E-state index in [4.69, 9.17) is 25.8 Å². The van der Waals surface area contributed by atoms with E-state index in [-0.39, 0.29) is 16.1 Å². The number of hydrogen-bond acceptors (Lipinski definition) is 7. The summed E-state index contributed by atoms with van der Waals surface area (Å²) in [6.07, 6.45) is -3.59. The van der Waals surface area contributed by atoms with Crippen molar-refractivity contribution < 1.29 is 28.2 Å². The number of carbonyl (C=O) groups excluding carboxylic acids is 2. The predicted molar refractivity (Wildman–Crippen MR) is 122 cm³/mol. The highest BCUT2D eigenvalue weighted by Crippen LogP contribution is 2.43. The van der Waals surface area contributed by atoms with Gasteiger partial charge in [-0.1, -0.05) is 48.0 Å². The lowest BCUT2D eigenvalue weighted by molar-refractivity contribution is -0.0648. The quantitative estimate of drug-likeness (QED) is 0.515. The molecule has 0 amide bonds. The second-order valence-electron chi connectivity index (χ2n) is 7.98. The summed E-state index contributed by atoms with van der Waals surface area (Å²) in [5, 5.41) is -0.374. The molecule has 4 rings (SSSR count). The Morgan fingerprint density at radius 1 is 1.06 bits per heavy atom. The first kappa shape index (κ1) is 24.4. The predicted octanol–water partition coefficient (Wildman–Crippen LogP) is 2.90. The van der Waals surface area contributed by atoms with Crippen molar-refractivity contribution in [2.45, 2.75) is 31.0 Å². The Hall–Kier alpha value is -3.76. The van der Waals surface area contributed by atoms with Crippen molar-refractivity contribution in [1.82, 2.24) is 9.55 Å². The molecule has 35 heavy (non-hydrogen) atoms. The largest absolute Gasteiger partial charge is 0.459 e. The maximum Gasteiger partial charge on any atom is 0.338 e. The van der Waals surface area contributed by atoms with Crippen LogP contribution in [0.3, 0.4) is 0 Å². The fourth-order valence-electron chi connectivity index (χ4n) is 3.74. The third-order valence-electron chi connectivity index (χ3n) is 5.49. The molecule has 1 aromatic heterocycles. The fraction of sp³-hybridized carbons (Fsp3) is 0.250. The summed E-state index contributed by atoms with van der Waals surface area (Å²) in [6.45, 7) is 0.591. The number of benzene rings is 2. The number of carbonyl (C=O) groups is 2. The number of hydrogen-bond donors (Lipinski definition) is 1. The topological polar surface area (TPSA) is 117 Å². The van der Waals surface area contributed by atoms with Crippen LogP contribution >= 0.6 is 11.6 Å². The molecule has 3 aromatic rings. The molecule has 1 fully saturated rings. The van der Waals surface area contributed by atoms with Gasteiger partial charge >= 0.3 is 17.6 Å². The lowest BCUT2D eigenvalue weighted by Gasteiger charge is -2.27. The molecule has 2 heterocycles. The van der Waals surface area contributed by atoms with Crippen molar-refractivity contribution in [3.05, 3.63) is 104 Å². The molecule has 1 N–H and O–H groups in total. The average Bonchev–Trinajstić information content (AvgIpc) is 3.10. The van der Waals surface area contributed by atoms with Crippen molar-refractivity contribution >= 4 is 23.5 Å². The van der Waals surface area contributed by atoms with Gasteiger partial charge in [-0.05, 0) is 31.2 Å². The van der Waals surface area contributed by atoms with E-state index in [1.807, 2.05) is 4.98 Å². The van der Waals surface area contributed by atoms with E-state index in [1.54, 1.807) is 36.4 Å². The lowest BCUT2D eigenvalue weighted by atomic mass is 9.98. The molecule has 0 spiro atoms. The van der Waals surface area contributed by atoms with Gasteiger partial charge in [0.15, 0.2) is 18.0 Å². The Labute approximate surface area is 203 Å². The van der Waals surface area contributed by atoms with Gasteiger partial charge in [0.25, 0.3) is 5.56 Å². The van der Waals surface area contributed by atoms with E-state index in [0.29, 0.717) is 0 Å². The van der Waals surface area contributed by atoms with E-state index >= 15 is 4.39 Å². The molecule has 0 aliphatic carbocycles. The molecule has 182 valence electrons. The van der Waals surface area contributed by atoms with E-state index in [9.17, 15) is 19.2 Å². The van der Waals surface area contributed by atoms with Crippen LogP contribution in [-0.4, -0.2) is 46.0 Å². The van der Waals surface area contributed by atoms with Gasteiger partial charge in [-0.25, -0.2) is 18.8 Å². The van der Waals surface area contributed by atoms with Gasteiger partial charge in [0.05, 0.1) is 11.1 Å². The van der Waals surface area contributed by atoms with Gasteiger partial charge in [0.2, 0.25) is 0 Å². The van der Waals surface area contributed by atoms with Crippen LogP contribution < -0.4 is 11.2 Å². The zero-order valence-corrected chi connectivity index (χ0v) is 19.1. The van der Waals surface area contributed by atoms with Gasteiger partial charge < -0.3 is 14.2 Å². The molecule has 0 radical (unpaired) electrons. The number of esters is 2. The van der Waals surface area contributed by atoms with Crippen LogP contribution in [0.1, 0.15) is 33.9 Å². The average molecular weight is 503 g/mol. The monoisotopic (exact) mass is 502 g/mol. The first-order valence-corrected chi connectivity index (χ1v) is 10.9. The Morgan fingerprint density at radius 2 is 1.63 bits per heavy atom. The Kier molecular flexibility index (Phi) is 6.86. The molecule has 2 aromatic carbocycles. The van der Waals surface area contributed by atoms with Crippen LogP contribution in [0, 0.1) is 0 Å². The first-order chi connectivity index (χ1) is 16.7. The summed E-state index contributed by atoms with van der Waals surface area (Å²) in [7, 11) is 0. The summed E-state index contributed by atoms with van der Waals surface area (Å²) in [6, 6.07) is 16.0. The number of H-pyrrole nitrogens is 1. The number of nitrogens with zero attached hydrogens (tertiary/aromatic N) is 1. The summed E-state index contributed by atoms with van der Waals surface area (Å²) < 4.78 is 33.4. The maximum atomic E-state index is 16.2. The Morgan fingerprint density at radius 3 is 2.23 bits per heavy atom. The fourth-order valence-corrected chi connectivity index (χ4v) is 3.89. The molecule has 1 aliphatic rings. The number of ether oxygens (including phenoxy) is 3. The third-order valence-corrected chi connectivity index (χ3v) is 5.76.